The van der Waals surface area contributed by atoms with Gasteiger partial charge in [-0.1, -0.05) is 29.5 Å². The van der Waals surface area contributed by atoms with Crippen LogP contribution in [0.3, 0.4) is 0 Å². The molecule has 0 saturated carbocycles. The number of rotatable bonds is 3. The standard InChI is InChI=1S/C22H23N3O5S2/c1-14-20(30-16-7-4-3-6-15(16)29-14)21(26)24-10-12-25(13-11-24)22-23-19-17(31-22)8-5-9-18(19)32(2,27)28/h3-9,14,20H,10-13H2,1-2H3/t14-,20-/m1/s1. The van der Waals surface area contributed by atoms with Crippen LogP contribution in [0, 0.1) is 0 Å². The number of amides is 1. The molecule has 0 unspecified atom stereocenters. The molecule has 168 valence electrons. The van der Waals surface area contributed by atoms with Gasteiger partial charge >= 0.3 is 0 Å². The van der Waals surface area contributed by atoms with E-state index in [1.54, 1.807) is 23.1 Å². The molecule has 2 aromatic carbocycles. The van der Waals surface area contributed by atoms with Crippen molar-refractivity contribution in [1.29, 1.82) is 0 Å². The van der Waals surface area contributed by atoms with Crippen molar-refractivity contribution >= 4 is 42.4 Å². The first-order valence-corrected chi connectivity index (χ1v) is 13.1. The summed E-state index contributed by atoms with van der Waals surface area (Å²) in [5.74, 6) is 1.15. The van der Waals surface area contributed by atoms with Gasteiger partial charge in [0.1, 0.15) is 11.6 Å². The highest BCUT2D eigenvalue weighted by atomic mass is 32.2. The maximum atomic E-state index is 13.1. The van der Waals surface area contributed by atoms with Crippen LogP contribution in [0.1, 0.15) is 6.92 Å². The fourth-order valence-corrected chi connectivity index (χ4v) is 5.98. The summed E-state index contributed by atoms with van der Waals surface area (Å²) in [7, 11) is -3.36. The average molecular weight is 474 g/mol. The Balaban J connectivity index is 1.29. The summed E-state index contributed by atoms with van der Waals surface area (Å²) in [5, 5.41) is 0.766. The number of thiazole rings is 1. The lowest BCUT2D eigenvalue weighted by Gasteiger charge is -2.38. The van der Waals surface area contributed by atoms with E-state index in [0.29, 0.717) is 43.2 Å². The van der Waals surface area contributed by atoms with Crippen LogP contribution in [0.4, 0.5) is 5.13 Å². The van der Waals surface area contributed by atoms with Gasteiger partial charge in [0.05, 0.1) is 9.60 Å². The van der Waals surface area contributed by atoms with Crippen LogP contribution in [0.5, 0.6) is 11.5 Å². The summed E-state index contributed by atoms with van der Waals surface area (Å²) in [6.07, 6.45) is 0.132. The van der Waals surface area contributed by atoms with Gasteiger partial charge in [0.15, 0.2) is 26.5 Å². The SMILES string of the molecule is C[C@H]1Oc2ccccc2O[C@H]1C(=O)N1CCN(c2nc3c(S(C)(=O)=O)cccc3s2)CC1. The predicted molar refractivity (Wildman–Crippen MR) is 122 cm³/mol. The van der Waals surface area contributed by atoms with Crippen molar-refractivity contribution in [3.8, 4) is 11.5 Å². The zero-order valence-electron chi connectivity index (χ0n) is 17.7. The van der Waals surface area contributed by atoms with E-state index in [1.165, 1.54) is 17.6 Å². The van der Waals surface area contributed by atoms with Crippen LogP contribution in [0.15, 0.2) is 47.4 Å². The van der Waals surface area contributed by atoms with Gasteiger partial charge in [-0.05, 0) is 31.2 Å². The number of piperazine rings is 1. The summed E-state index contributed by atoms with van der Waals surface area (Å²) in [5.41, 5.74) is 0.508. The minimum atomic E-state index is -3.36. The van der Waals surface area contributed by atoms with E-state index in [9.17, 15) is 13.2 Å². The zero-order valence-corrected chi connectivity index (χ0v) is 19.4. The molecule has 0 aliphatic carbocycles. The van der Waals surface area contributed by atoms with Gasteiger partial charge in [-0.25, -0.2) is 13.4 Å². The highest BCUT2D eigenvalue weighted by Crippen LogP contribution is 2.35. The summed E-state index contributed by atoms with van der Waals surface area (Å²) >= 11 is 1.47. The highest BCUT2D eigenvalue weighted by Gasteiger charge is 2.38. The molecule has 3 aromatic rings. The van der Waals surface area contributed by atoms with Gasteiger partial charge in [0.2, 0.25) is 6.10 Å². The molecule has 10 heteroatoms. The van der Waals surface area contributed by atoms with Gasteiger partial charge in [-0.3, -0.25) is 4.79 Å². The van der Waals surface area contributed by atoms with Crippen LogP contribution in [0.25, 0.3) is 10.2 Å². The van der Waals surface area contributed by atoms with Crippen molar-refractivity contribution in [2.45, 2.75) is 24.0 Å². The Bertz CT molecular complexity index is 1280. The number of carbonyl (C=O) groups is 1. The molecule has 0 radical (unpaired) electrons. The monoisotopic (exact) mass is 473 g/mol. The lowest BCUT2D eigenvalue weighted by Crippen LogP contribution is -2.56. The maximum Gasteiger partial charge on any atom is 0.267 e. The number of benzene rings is 2. The third-order valence-corrected chi connectivity index (χ3v) is 7.93. The number of aromatic nitrogens is 1. The third kappa shape index (κ3) is 3.77. The van der Waals surface area contributed by atoms with Crippen molar-refractivity contribution in [1.82, 2.24) is 9.88 Å². The molecule has 1 fully saturated rings. The fraction of sp³-hybridized carbons (Fsp3) is 0.364. The lowest BCUT2D eigenvalue weighted by molar-refractivity contribution is -0.144. The van der Waals surface area contributed by atoms with Crippen molar-refractivity contribution in [2.75, 3.05) is 37.3 Å². The molecule has 2 atom stereocenters. The molecule has 1 amide bonds. The first-order valence-electron chi connectivity index (χ1n) is 10.4. The Morgan fingerprint density at radius 1 is 1.03 bits per heavy atom. The Morgan fingerprint density at radius 2 is 1.72 bits per heavy atom. The van der Waals surface area contributed by atoms with Crippen LogP contribution in [-0.4, -0.2) is 68.9 Å². The molecule has 32 heavy (non-hydrogen) atoms. The number of nitrogens with zero attached hydrogens (tertiary/aromatic N) is 3. The van der Waals surface area contributed by atoms with Crippen molar-refractivity contribution in [3.05, 3.63) is 42.5 Å². The Labute approximate surface area is 190 Å². The summed E-state index contributed by atoms with van der Waals surface area (Å²) in [4.78, 5) is 21.9. The van der Waals surface area contributed by atoms with Gasteiger partial charge < -0.3 is 19.3 Å². The summed E-state index contributed by atoms with van der Waals surface area (Å²) in [6, 6.07) is 12.6. The van der Waals surface area contributed by atoms with Crippen LogP contribution in [-0.2, 0) is 14.6 Å². The second kappa shape index (κ2) is 7.93. The largest absolute Gasteiger partial charge is 0.482 e. The minimum absolute atomic E-state index is 0.0877. The second-order valence-electron chi connectivity index (χ2n) is 7.99. The predicted octanol–water partition coefficient (Wildman–Crippen LogP) is 2.58. The topological polar surface area (TPSA) is 89.0 Å². The Morgan fingerprint density at radius 3 is 2.41 bits per heavy atom. The number of hydrogen-bond acceptors (Lipinski definition) is 8. The molecule has 2 aliphatic rings. The normalized spacial score (nSPS) is 21.1. The number of carbonyl (C=O) groups excluding carboxylic acids is 1. The van der Waals surface area contributed by atoms with Crippen LogP contribution < -0.4 is 14.4 Å². The van der Waals surface area contributed by atoms with E-state index in [1.807, 2.05) is 31.2 Å². The smallest absolute Gasteiger partial charge is 0.267 e. The molecule has 0 N–H and O–H groups in total. The van der Waals surface area contributed by atoms with Crippen molar-refractivity contribution in [3.63, 3.8) is 0 Å². The first kappa shape index (κ1) is 21.0. The first-order chi connectivity index (χ1) is 15.3. The van der Waals surface area contributed by atoms with E-state index in [0.717, 1.165) is 9.83 Å². The number of para-hydroxylation sites is 3. The van der Waals surface area contributed by atoms with E-state index in [-0.39, 0.29) is 16.9 Å². The number of anilines is 1. The minimum Gasteiger partial charge on any atom is -0.482 e. The Kier molecular flexibility index (Phi) is 5.21. The molecule has 3 heterocycles. The van der Waals surface area contributed by atoms with Crippen LogP contribution in [0.2, 0.25) is 0 Å². The van der Waals surface area contributed by atoms with Gasteiger partial charge in [0, 0.05) is 32.4 Å². The number of ether oxygens (including phenoxy) is 2. The molecule has 1 aromatic heterocycles. The molecule has 2 aliphatic heterocycles. The molecule has 8 nitrogen and oxygen atoms in total. The second-order valence-corrected chi connectivity index (χ2v) is 11.0. The molecule has 0 bridgehead atoms. The molecule has 5 rings (SSSR count). The number of fused-ring (bicyclic) bond motifs is 2. The van der Waals surface area contributed by atoms with Gasteiger partial charge in [-0.15, -0.1) is 0 Å². The molecule has 1 saturated heterocycles. The third-order valence-electron chi connectivity index (χ3n) is 5.72. The van der Waals surface area contributed by atoms with E-state index in [4.69, 9.17) is 9.47 Å². The lowest BCUT2D eigenvalue weighted by atomic mass is 10.1. The summed E-state index contributed by atoms with van der Waals surface area (Å²) in [6.45, 7) is 4.12. The fourth-order valence-electron chi connectivity index (χ4n) is 4.03. The quantitative estimate of drug-likeness (QED) is 0.578. The average Bonchev–Trinajstić information content (AvgIpc) is 3.22. The molecular weight excluding hydrogens is 450 g/mol. The number of sulfone groups is 1. The zero-order chi connectivity index (χ0) is 22.5. The molecular formula is C22H23N3O5S2. The highest BCUT2D eigenvalue weighted by molar-refractivity contribution is 7.91. The molecule has 0 spiro atoms. The Hall–Kier alpha value is -2.85. The van der Waals surface area contributed by atoms with Gasteiger partial charge in [0.25, 0.3) is 5.91 Å². The van der Waals surface area contributed by atoms with Crippen molar-refractivity contribution in [2.24, 2.45) is 0 Å². The maximum absolute atomic E-state index is 13.1. The van der Waals surface area contributed by atoms with E-state index >= 15 is 0 Å². The van der Waals surface area contributed by atoms with E-state index < -0.39 is 15.9 Å². The summed E-state index contributed by atoms with van der Waals surface area (Å²) < 4.78 is 36.9. The van der Waals surface area contributed by atoms with Gasteiger partial charge in [-0.2, -0.15) is 0 Å². The number of hydrogen-bond donors (Lipinski definition) is 0. The van der Waals surface area contributed by atoms with E-state index in [2.05, 4.69) is 9.88 Å². The van der Waals surface area contributed by atoms with Crippen molar-refractivity contribution < 1.29 is 22.7 Å². The van der Waals surface area contributed by atoms with Crippen LogP contribution >= 0.6 is 11.3 Å².